The van der Waals surface area contributed by atoms with Crippen LogP contribution in [0.3, 0.4) is 0 Å². The minimum atomic E-state index is 1.14. The zero-order valence-electron chi connectivity index (χ0n) is 10.6. The zero-order valence-corrected chi connectivity index (χ0v) is 10.6. The van der Waals surface area contributed by atoms with Gasteiger partial charge in [0.1, 0.15) is 0 Å². The largest absolute Gasteiger partial charge is 0.305 e. The van der Waals surface area contributed by atoms with Crippen molar-refractivity contribution in [3.63, 3.8) is 0 Å². The second-order valence-electron chi connectivity index (χ2n) is 4.10. The highest BCUT2D eigenvalue weighted by Crippen LogP contribution is 1.88. The molecule has 86 valence electrons. The third-order valence-corrected chi connectivity index (χ3v) is 2.81. The normalized spacial score (nSPS) is 12.0. The molecule has 0 aromatic carbocycles. The van der Waals surface area contributed by atoms with Crippen LogP contribution in [0.25, 0.3) is 0 Å². The van der Waals surface area contributed by atoms with Crippen molar-refractivity contribution in [2.45, 2.75) is 13.8 Å². The first-order valence-electron chi connectivity index (χ1n) is 5.65. The maximum atomic E-state index is 2.40. The predicted molar refractivity (Wildman–Crippen MR) is 63.8 cm³/mol. The van der Waals surface area contributed by atoms with Crippen molar-refractivity contribution in [1.82, 2.24) is 14.7 Å². The van der Waals surface area contributed by atoms with E-state index in [4.69, 9.17) is 0 Å². The maximum Gasteiger partial charge on any atom is 0.0107 e. The topological polar surface area (TPSA) is 9.72 Å². The Morgan fingerprint density at radius 2 is 0.857 bits per heavy atom. The van der Waals surface area contributed by atoms with Gasteiger partial charge in [-0.2, -0.15) is 0 Å². The summed E-state index contributed by atoms with van der Waals surface area (Å²) in [7, 11) is 6.55. The quantitative estimate of drug-likeness (QED) is 0.576. The second-order valence-corrected chi connectivity index (χ2v) is 4.10. The molecule has 0 heterocycles. The van der Waals surface area contributed by atoms with Crippen LogP contribution in [0, 0.1) is 0 Å². The summed E-state index contributed by atoms with van der Waals surface area (Å²) in [6.07, 6.45) is 0. The molecule has 0 aliphatic carbocycles. The monoisotopic (exact) mass is 201 g/mol. The third-order valence-electron chi connectivity index (χ3n) is 2.81. The van der Waals surface area contributed by atoms with Gasteiger partial charge in [0.2, 0.25) is 0 Å². The van der Waals surface area contributed by atoms with Gasteiger partial charge in [0, 0.05) is 26.2 Å². The molecule has 0 saturated heterocycles. The average molecular weight is 201 g/mol. The maximum absolute atomic E-state index is 2.40. The smallest absolute Gasteiger partial charge is 0.0107 e. The summed E-state index contributed by atoms with van der Waals surface area (Å²) in [5.41, 5.74) is 0. The molecule has 3 nitrogen and oxygen atoms in total. The molecule has 0 amide bonds. The lowest BCUT2D eigenvalue weighted by Gasteiger charge is -2.23. The minimum absolute atomic E-state index is 1.14. The molecule has 0 fully saturated rings. The summed E-state index contributed by atoms with van der Waals surface area (Å²) in [4.78, 5) is 7.10. The Morgan fingerprint density at radius 3 is 1.14 bits per heavy atom. The Morgan fingerprint density at radius 1 is 0.571 bits per heavy atom. The number of hydrogen-bond donors (Lipinski definition) is 0. The van der Waals surface area contributed by atoms with Crippen LogP contribution in [-0.4, -0.2) is 75.1 Å². The first kappa shape index (κ1) is 13.9. The van der Waals surface area contributed by atoms with Gasteiger partial charge in [-0.05, 0) is 34.2 Å². The van der Waals surface area contributed by atoms with E-state index in [9.17, 15) is 0 Å². The van der Waals surface area contributed by atoms with E-state index in [1.807, 2.05) is 0 Å². The fraction of sp³-hybridized carbons (Fsp3) is 1.00. The lowest BCUT2D eigenvalue weighted by Crippen LogP contribution is -2.35. The van der Waals surface area contributed by atoms with Crippen molar-refractivity contribution < 1.29 is 0 Å². The van der Waals surface area contributed by atoms with Gasteiger partial charge >= 0.3 is 0 Å². The van der Waals surface area contributed by atoms with E-state index in [2.05, 4.69) is 49.7 Å². The Bertz CT molecular complexity index is 114. The molecule has 0 spiro atoms. The van der Waals surface area contributed by atoms with Crippen LogP contribution in [0.4, 0.5) is 0 Å². The summed E-state index contributed by atoms with van der Waals surface area (Å²) in [5.74, 6) is 0. The molecule has 0 aliphatic rings. The van der Waals surface area contributed by atoms with Crippen molar-refractivity contribution in [2.24, 2.45) is 0 Å². The molecule has 0 atom stereocenters. The second kappa shape index (κ2) is 8.21. The molecule has 0 aromatic heterocycles. The summed E-state index contributed by atoms with van der Waals surface area (Å²) in [5, 5.41) is 0. The summed E-state index contributed by atoms with van der Waals surface area (Å²) in [6, 6.07) is 0. The number of hydrogen-bond acceptors (Lipinski definition) is 3. The molecule has 0 N–H and O–H groups in total. The highest BCUT2D eigenvalue weighted by molar-refractivity contribution is 4.58. The van der Waals surface area contributed by atoms with E-state index in [0.717, 1.165) is 13.1 Å². The molecule has 3 heteroatoms. The highest BCUT2D eigenvalue weighted by atomic mass is 15.2. The summed E-state index contributed by atoms with van der Waals surface area (Å²) >= 11 is 0. The van der Waals surface area contributed by atoms with Crippen LogP contribution in [0.5, 0.6) is 0 Å². The molecular weight excluding hydrogens is 174 g/mol. The first-order chi connectivity index (χ1) is 6.60. The number of rotatable bonds is 8. The highest BCUT2D eigenvalue weighted by Gasteiger charge is 2.01. The SMILES string of the molecule is CCN(C)CCN(C)CCN(C)CC. The fourth-order valence-electron chi connectivity index (χ4n) is 1.11. The van der Waals surface area contributed by atoms with E-state index in [0.29, 0.717) is 0 Å². The Balaban J connectivity index is 3.40. The predicted octanol–water partition coefficient (Wildman–Crippen LogP) is 0.822. The van der Waals surface area contributed by atoms with Crippen molar-refractivity contribution >= 4 is 0 Å². The van der Waals surface area contributed by atoms with Gasteiger partial charge in [0.25, 0.3) is 0 Å². The molecule has 0 aromatic rings. The number of likely N-dealkylation sites (N-methyl/N-ethyl adjacent to an activating group) is 3. The van der Waals surface area contributed by atoms with Crippen molar-refractivity contribution in [3.8, 4) is 0 Å². The van der Waals surface area contributed by atoms with Gasteiger partial charge in [-0.3, -0.25) is 0 Å². The molecule has 0 aliphatic heterocycles. The van der Waals surface area contributed by atoms with Crippen molar-refractivity contribution in [2.75, 3.05) is 60.4 Å². The molecule has 0 saturated carbocycles. The van der Waals surface area contributed by atoms with Crippen LogP contribution in [0.1, 0.15) is 13.8 Å². The van der Waals surface area contributed by atoms with Gasteiger partial charge in [-0.25, -0.2) is 0 Å². The van der Waals surface area contributed by atoms with Crippen LogP contribution < -0.4 is 0 Å². The Kier molecular flexibility index (Phi) is 8.14. The first-order valence-corrected chi connectivity index (χ1v) is 5.65. The minimum Gasteiger partial charge on any atom is -0.305 e. The van der Waals surface area contributed by atoms with Gasteiger partial charge < -0.3 is 14.7 Å². The van der Waals surface area contributed by atoms with Crippen LogP contribution >= 0.6 is 0 Å². The average Bonchev–Trinajstić information content (AvgIpc) is 2.22. The number of nitrogens with zero attached hydrogens (tertiary/aromatic N) is 3. The van der Waals surface area contributed by atoms with Crippen molar-refractivity contribution in [1.29, 1.82) is 0 Å². The van der Waals surface area contributed by atoms with Crippen LogP contribution in [0.15, 0.2) is 0 Å². The Hall–Kier alpha value is -0.120. The van der Waals surface area contributed by atoms with Gasteiger partial charge in [0.05, 0.1) is 0 Å². The van der Waals surface area contributed by atoms with Crippen molar-refractivity contribution in [3.05, 3.63) is 0 Å². The van der Waals surface area contributed by atoms with E-state index in [1.165, 1.54) is 26.2 Å². The van der Waals surface area contributed by atoms with Gasteiger partial charge in [-0.15, -0.1) is 0 Å². The van der Waals surface area contributed by atoms with E-state index in [1.54, 1.807) is 0 Å². The van der Waals surface area contributed by atoms with Crippen LogP contribution in [-0.2, 0) is 0 Å². The molecular formula is C11H27N3. The lowest BCUT2D eigenvalue weighted by molar-refractivity contribution is 0.233. The molecule has 14 heavy (non-hydrogen) atoms. The Labute approximate surface area is 89.7 Å². The standard InChI is InChI=1S/C11H27N3/c1-6-12(3)8-10-14(5)11-9-13(4)7-2/h6-11H2,1-5H3. The van der Waals surface area contributed by atoms with E-state index >= 15 is 0 Å². The van der Waals surface area contributed by atoms with E-state index in [-0.39, 0.29) is 0 Å². The molecule has 0 radical (unpaired) electrons. The zero-order chi connectivity index (χ0) is 11.0. The molecule has 0 bridgehead atoms. The summed E-state index contributed by atoms with van der Waals surface area (Å²) in [6.45, 7) is 11.4. The summed E-state index contributed by atoms with van der Waals surface area (Å²) < 4.78 is 0. The lowest BCUT2D eigenvalue weighted by atomic mass is 10.4. The fourth-order valence-corrected chi connectivity index (χ4v) is 1.11. The molecule has 0 rings (SSSR count). The van der Waals surface area contributed by atoms with Gasteiger partial charge in [-0.1, -0.05) is 13.8 Å². The van der Waals surface area contributed by atoms with Gasteiger partial charge in [0.15, 0.2) is 0 Å². The third kappa shape index (κ3) is 7.30. The molecule has 0 unspecified atom stereocenters. The van der Waals surface area contributed by atoms with Crippen LogP contribution in [0.2, 0.25) is 0 Å². The van der Waals surface area contributed by atoms with E-state index < -0.39 is 0 Å².